The van der Waals surface area contributed by atoms with Gasteiger partial charge in [0.1, 0.15) is 5.75 Å². The van der Waals surface area contributed by atoms with Crippen LogP contribution in [0.25, 0.3) is 10.8 Å². The Morgan fingerprint density at radius 1 is 1.10 bits per heavy atom. The predicted molar refractivity (Wildman–Crippen MR) is 124 cm³/mol. The summed E-state index contributed by atoms with van der Waals surface area (Å²) in [5, 5.41) is 2.20. The molecule has 0 radical (unpaired) electrons. The molecule has 2 aliphatic heterocycles. The van der Waals surface area contributed by atoms with Gasteiger partial charge in [0, 0.05) is 42.1 Å². The lowest BCUT2D eigenvalue weighted by atomic mass is 9.99. The zero-order chi connectivity index (χ0) is 20.5. The van der Waals surface area contributed by atoms with Crippen molar-refractivity contribution in [2.45, 2.75) is 24.2 Å². The van der Waals surface area contributed by atoms with Crippen LogP contribution in [-0.4, -0.2) is 36.1 Å². The number of carbonyl (C=O) groups is 1. The molecule has 0 aromatic heterocycles. The Balaban J connectivity index is 1.34. The number of thioether (sulfide) groups is 1. The van der Waals surface area contributed by atoms with Gasteiger partial charge in [-0.1, -0.05) is 42.5 Å². The molecule has 0 aliphatic carbocycles. The summed E-state index contributed by atoms with van der Waals surface area (Å²) in [6.07, 6.45) is 2.92. The summed E-state index contributed by atoms with van der Waals surface area (Å²) in [6, 6.07) is 20.9. The first-order chi connectivity index (χ1) is 14.7. The van der Waals surface area contributed by atoms with E-state index in [1.807, 2.05) is 36.9 Å². The highest BCUT2D eigenvalue weighted by atomic mass is 32.2. The predicted octanol–water partition coefficient (Wildman–Crippen LogP) is 5.90. The van der Waals surface area contributed by atoms with Gasteiger partial charge in [0.05, 0.1) is 11.5 Å². The Kier molecular flexibility index (Phi) is 5.26. The van der Waals surface area contributed by atoms with Crippen LogP contribution < -0.4 is 4.74 Å². The van der Waals surface area contributed by atoms with Crippen LogP contribution >= 0.6 is 11.8 Å². The molecule has 3 aromatic carbocycles. The van der Waals surface area contributed by atoms with E-state index in [2.05, 4.69) is 47.4 Å². The molecule has 2 aliphatic rings. The van der Waals surface area contributed by atoms with Crippen molar-refractivity contribution in [2.24, 2.45) is 0 Å². The molecule has 1 unspecified atom stereocenters. The molecule has 4 heteroatoms. The van der Waals surface area contributed by atoms with Crippen LogP contribution in [0.2, 0.25) is 0 Å². The molecule has 3 nitrogen and oxygen atoms in total. The Bertz CT molecular complexity index is 1120. The number of hydrogen-bond acceptors (Lipinski definition) is 4. The maximum atomic E-state index is 13.0. The largest absolute Gasteiger partial charge is 0.492 e. The zero-order valence-electron chi connectivity index (χ0n) is 17.1. The standard InChI is InChI=1S/C26H25NO2S/c1-18(27-10-9-22(17-27)19-5-3-2-4-6-19)13-24(28)21-8-7-20-16-26-25(15-23(20)14-21)29-11-12-30-26/h2-8,13-16,22H,9-12,17H2,1H3/b18-13+. The Morgan fingerprint density at radius 2 is 1.97 bits per heavy atom. The van der Waals surface area contributed by atoms with E-state index in [0.717, 1.165) is 59.7 Å². The van der Waals surface area contributed by atoms with Crippen molar-refractivity contribution in [3.8, 4) is 5.75 Å². The summed E-state index contributed by atoms with van der Waals surface area (Å²) in [6.45, 7) is 4.75. The molecule has 30 heavy (non-hydrogen) atoms. The van der Waals surface area contributed by atoms with Crippen LogP contribution in [-0.2, 0) is 0 Å². The number of nitrogens with zero attached hydrogens (tertiary/aromatic N) is 1. The highest BCUT2D eigenvalue weighted by Crippen LogP contribution is 2.37. The van der Waals surface area contributed by atoms with Crippen molar-refractivity contribution in [1.82, 2.24) is 4.90 Å². The van der Waals surface area contributed by atoms with Crippen LogP contribution in [0.4, 0.5) is 0 Å². The second-order valence-corrected chi connectivity index (χ2v) is 9.19. The number of carbonyl (C=O) groups excluding carboxylic acids is 1. The molecule has 0 spiro atoms. The fourth-order valence-electron chi connectivity index (χ4n) is 4.38. The van der Waals surface area contributed by atoms with E-state index < -0.39 is 0 Å². The van der Waals surface area contributed by atoms with Crippen LogP contribution in [0.1, 0.15) is 35.2 Å². The minimum atomic E-state index is 0.0607. The third-order valence-electron chi connectivity index (χ3n) is 6.08. The minimum Gasteiger partial charge on any atom is -0.492 e. The normalized spacial score (nSPS) is 18.9. The quantitative estimate of drug-likeness (QED) is 0.392. The summed E-state index contributed by atoms with van der Waals surface area (Å²) in [5.74, 6) is 2.51. The van der Waals surface area contributed by atoms with Crippen molar-refractivity contribution in [1.29, 1.82) is 0 Å². The topological polar surface area (TPSA) is 29.5 Å². The molecule has 2 heterocycles. The lowest BCUT2D eigenvalue weighted by Gasteiger charge is -2.19. The number of ether oxygens (including phenoxy) is 1. The van der Waals surface area contributed by atoms with Crippen LogP contribution in [0.15, 0.2) is 77.3 Å². The maximum Gasteiger partial charge on any atom is 0.187 e. The Morgan fingerprint density at radius 3 is 2.83 bits per heavy atom. The number of benzene rings is 3. The first-order valence-corrected chi connectivity index (χ1v) is 11.5. The van der Waals surface area contributed by atoms with E-state index in [1.165, 1.54) is 10.5 Å². The van der Waals surface area contributed by atoms with E-state index in [1.54, 1.807) is 6.08 Å². The molecule has 1 atom stereocenters. The Labute approximate surface area is 181 Å². The molecule has 5 rings (SSSR count). The van der Waals surface area contributed by atoms with E-state index >= 15 is 0 Å². The van der Waals surface area contributed by atoms with Gasteiger partial charge in [-0.15, -0.1) is 11.8 Å². The Hall–Kier alpha value is -2.72. The van der Waals surface area contributed by atoms with Crippen molar-refractivity contribution >= 4 is 28.3 Å². The second-order valence-electron chi connectivity index (χ2n) is 8.05. The molecule has 3 aromatic rings. The molecular formula is C26H25NO2S. The van der Waals surface area contributed by atoms with Crippen molar-refractivity contribution < 1.29 is 9.53 Å². The van der Waals surface area contributed by atoms with Gasteiger partial charge in [0.15, 0.2) is 5.78 Å². The van der Waals surface area contributed by atoms with Gasteiger partial charge in [0.25, 0.3) is 0 Å². The van der Waals surface area contributed by atoms with Gasteiger partial charge in [-0.3, -0.25) is 4.79 Å². The highest BCUT2D eigenvalue weighted by molar-refractivity contribution is 7.99. The van der Waals surface area contributed by atoms with E-state index in [0.29, 0.717) is 5.92 Å². The van der Waals surface area contributed by atoms with E-state index in [9.17, 15) is 4.79 Å². The van der Waals surface area contributed by atoms with Gasteiger partial charge in [-0.05, 0) is 47.9 Å². The van der Waals surface area contributed by atoms with Gasteiger partial charge in [-0.2, -0.15) is 0 Å². The van der Waals surface area contributed by atoms with Crippen molar-refractivity contribution in [3.63, 3.8) is 0 Å². The summed E-state index contributed by atoms with van der Waals surface area (Å²) in [7, 11) is 0. The highest BCUT2D eigenvalue weighted by Gasteiger charge is 2.24. The van der Waals surface area contributed by atoms with Gasteiger partial charge < -0.3 is 9.64 Å². The van der Waals surface area contributed by atoms with Crippen LogP contribution in [0.5, 0.6) is 5.75 Å². The van der Waals surface area contributed by atoms with Gasteiger partial charge in [-0.25, -0.2) is 0 Å². The van der Waals surface area contributed by atoms with E-state index in [4.69, 9.17) is 4.74 Å². The fourth-order valence-corrected chi connectivity index (χ4v) is 5.24. The molecule has 0 N–H and O–H groups in total. The lowest BCUT2D eigenvalue weighted by Crippen LogP contribution is -2.19. The van der Waals surface area contributed by atoms with E-state index in [-0.39, 0.29) is 5.78 Å². The monoisotopic (exact) mass is 415 g/mol. The molecule has 0 saturated carbocycles. The molecular weight excluding hydrogens is 390 g/mol. The SMILES string of the molecule is C/C(=C\C(=O)c1ccc2cc3c(cc2c1)OCCS3)N1CCC(c2ccccc2)C1. The van der Waals surface area contributed by atoms with Crippen LogP contribution in [0.3, 0.4) is 0 Å². The van der Waals surface area contributed by atoms with Crippen molar-refractivity contribution in [3.05, 3.63) is 83.6 Å². The lowest BCUT2D eigenvalue weighted by molar-refractivity contribution is 0.104. The number of likely N-dealkylation sites (tertiary alicyclic amines) is 1. The summed E-state index contributed by atoms with van der Waals surface area (Å²) < 4.78 is 5.79. The van der Waals surface area contributed by atoms with Crippen LogP contribution in [0, 0.1) is 0 Å². The third kappa shape index (κ3) is 3.84. The first-order valence-electron chi connectivity index (χ1n) is 10.5. The van der Waals surface area contributed by atoms with Gasteiger partial charge >= 0.3 is 0 Å². The molecule has 0 bridgehead atoms. The number of hydrogen-bond donors (Lipinski definition) is 0. The zero-order valence-corrected chi connectivity index (χ0v) is 18.0. The molecule has 0 amide bonds. The molecule has 1 saturated heterocycles. The fraction of sp³-hybridized carbons (Fsp3) is 0.269. The maximum absolute atomic E-state index is 13.0. The smallest absolute Gasteiger partial charge is 0.187 e. The number of rotatable bonds is 4. The number of ketones is 1. The third-order valence-corrected chi connectivity index (χ3v) is 7.08. The number of fused-ring (bicyclic) bond motifs is 2. The molecule has 152 valence electrons. The van der Waals surface area contributed by atoms with Crippen molar-refractivity contribution in [2.75, 3.05) is 25.4 Å². The summed E-state index contributed by atoms with van der Waals surface area (Å²) in [4.78, 5) is 16.5. The minimum absolute atomic E-state index is 0.0607. The number of allylic oxidation sites excluding steroid dienone is 2. The average molecular weight is 416 g/mol. The first kappa shape index (κ1) is 19.3. The second kappa shape index (κ2) is 8.19. The average Bonchev–Trinajstić information content (AvgIpc) is 3.28. The summed E-state index contributed by atoms with van der Waals surface area (Å²) >= 11 is 1.83. The molecule has 1 fully saturated rings. The summed E-state index contributed by atoms with van der Waals surface area (Å²) in [5.41, 5.74) is 3.16. The van der Waals surface area contributed by atoms with Gasteiger partial charge in [0.2, 0.25) is 0 Å².